The van der Waals surface area contributed by atoms with Gasteiger partial charge in [0.25, 0.3) is 0 Å². The summed E-state index contributed by atoms with van der Waals surface area (Å²) in [6, 6.07) is 19.4. The summed E-state index contributed by atoms with van der Waals surface area (Å²) in [6.07, 6.45) is -0.868. The monoisotopic (exact) mass is 497 g/mol. The minimum atomic E-state index is -4.57. The first-order valence-corrected chi connectivity index (χ1v) is 12.1. The molecule has 8 heteroatoms. The summed E-state index contributed by atoms with van der Waals surface area (Å²) < 4.78 is 45.3. The summed E-state index contributed by atoms with van der Waals surface area (Å²) in [4.78, 5) is 16.9. The first-order chi connectivity index (χ1) is 17.3. The van der Waals surface area contributed by atoms with E-state index in [1.165, 1.54) is 5.56 Å². The molecule has 0 saturated heterocycles. The second kappa shape index (κ2) is 11.6. The topological polar surface area (TPSA) is 63.2 Å². The lowest BCUT2D eigenvalue weighted by Gasteiger charge is -2.21. The molecule has 1 saturated carbocycles. The van der Waals surface area contributed by atoms with Crippen LogP contribution in [0.25, 0.3) is 11.3 Å². The van der Waals surface area contributed by atoms with Gasteiger partial charge in [-0.15, -0.1) is 0 Å². The number of benzene rings is 2. The number of rotatable bonds is 8. The Morgan fingerprint density at radius 1 is 1.06 bits per heavy atom. The molecule has 2 N–H and O–H groups in total. The van der Waals surface area contributed by atoms with Crippen LogP contribution in [-0.2, 0) is 10.9 Å². The fraction of sp³-hybridized carbons (Fsp3) is 0.357. The van der Waals surface area contributed by atoms with Gasteiger partial charge >= 0.3 is 12.2 Å². The highest BCUT2D eigenvalue weighted by molar-refractivity contribution is 5.93. The van der Waals surface area contributed by atoms with Crippen molar-refractivity contribution in [3.63, 3.8) is 0 Å². The number of nitrogens with zero attached hydrogens (tertiary/aromatic N) is 1. The largest absolute Gasteiger partial charge is 0.417 e. The van der Waals surface area contributed by atoms with Gasteiger partial charge in [-0.1, -0.05) is 60.7 Å². The molecule has 2 amide bonds. The average Bonchev–Trinajstić information content (AvgIpc) is 3.30. The maximum Gasteiger partial charge on any atom is 0.417 e. The highest BCUT2D eigenvalue weighted by atomic mass is 19.4. The smallest absolute Gasteiger partial charge is 0.385 e. The van der Waals surface area contributed by atoms with Crippen LogP contribution in [0.4, 0.5) is 23.7 Å². The van der Waals surface area contributed by atoms with E-state index in [2.05, 4.69) is 27.8 Å². The van der Waals surface area contributed by atoms with Crippen LogP contribution in [0.15, 0.2) is 72.9 Å². The van der Waals surface area contributed by atoms with E-state index in [9.17, 15) is 18.0 Å². The van der Waals surface area contributed by atoms with Crippen molar-refractivity contribution >= 4 is 11.7 Å². The second-order valence-electron chi connectivity index (χ2n) is 9.22. The molecule has 2 aromatic carbocycles. The van der Waals surface area contributed by atoms with Crippen LogP contribution < -0.4 is 10.6 Å². The van der Waals surface area contributed by atoms with Gasteiger partial charge in [0.1, 0.15) is 0 Å². The van der Waals surface area contributed by atoms with E-state index in [1.54, 1.807) is 37.4 Å². The quantitative estimate of drug-likeness (QED) is 0.363. The van der Waals surface area contributed by atoms with Gasteiger partial charge in [0.05, 0.1) is 16.9 Å². The van der Waals surface area contributed by atoms with Crippen LogP contribution in [0.3, 0.4) is 0 Å². The number of carbonyl (C=O) groups excluding carboxylic acids is 1. The average molecular weight is 498 g/mol. The summed E-state index contributed by atoms with van der Waals surface area (Å²) >= 11 is 0. The molecule has 4 rings (SSSR count). The molecule has 1 fully saturated rings. The van der Waals surface area contributed by atoms with Gasteiger partial charge in [-0.05, 0) is 48.6 Å². The van der Waals surface area contributed by atoms with E-state index in [-0.39, 0.29) is 17.3 Å². The lowest BCUT2D eigenvalue weighted by molar-refractivity contribution is -0.137. The Morgan fingerprint density at radius 2 is 1.75 bits per heavy atom. The molecule has 1 aliphatic carbocycles. The fourth-order valence-electron chi connectivity index (χ4n) is 5.03. The standard InChI is InChI=1S/C28H30F3N3O2/c1-36-13-12-19-14-22(24(15-19)20-8-4-2-5-9-20)17-33-27(35)34-25-16-23(28(29,30)31)18-32-26(25)21-10-6-3-7-11-21/h2-11,16,18-19,22,24H,12-15,17H2,1H3,(H2,33,34,35)/t19?,22-,24?/m0/s1. The normalized spacial score (nSPS) is 19.7. The third-order valence-electron chi connectivity index (χ3n) is 6.79. The third-order valence-corrected chi connectivity index (χ3v) is 6.79. The Bertz CT molecular complexity index is 1140. The molecule has 1 heterocycles. The number of ether oxygens (including phenoxy) is 1. The van der Waals surface area contributed by atoms with Crippen LogP contribution in [0.2, 0.25) is 0 Å². The summed E-state index contributed by atoms with van der Waals surface area (Å²) in [5.41, 5.74) is 1.22. The van der Waals surface area contributed by atoms with E-state index in [0.29, 0.717) is 30.6 Å². The fourth-order valence-corrected chi connectivity index (χ4v) is 5.03. The van der Waals surface area contributed by atoms with Crippen LogP contribution >= 0.6 is 0 Å². The number of carbonyl (C=O) groups is 1. The van der Waals surface area contributed by atoms with Gasteiger partial charge in [0.15, 0.2) is 0 Å². The number of halogens is 3. The van der Waals surface area contributed by atoms with E-state index < -0.39 is 17.8 Å². The zero-order chi connectivity index (χ0) is 25.5. The summed E-state index contributed by atoms with van der Waals surface area (Å²) in [7, 11) is 1.69. The van der Waals surface area contributed by atoms with Crippen molar-refractivity contribution in [2.24, 2.45) is 11.8 Å². The van der Waals surface area contributed by atoms with E-state index >= 15 is 0 Å². The minimum Gasteiger partial charge on any atom is -0.385 e. The molecule has 0 spiro atoms. The molecule has 0 radical (unpaired) electrons. The van der Waals surface area contributed by atoms with E-state index in [0.717, 1.165) is 31.5 Å². The predicted octanol–water partition coefficient (Wildman–Crippen LogP) is 6.74. The molecule has 5 nitrogen and oxygen atoms in total. The first kappa shape index (κ1) is 25.7. The maximum atomic E-state index is 13.3. The number of methoxy groups -OCH3 is 1. The van der Waals surface area contributed by atoms with Crippen molar-refractivity contribution in [1.29, 1.82) is 0 Å². The number of anilines is 1. The molecule has 36 heavy (non-hydrogen) atoms. The summed E-state index contributed by atoms with van der Waals surface area (Å²) in [5, 5.41) is 5.51. The van der Waals surface area contributed by atoms with E-state index in [1.807, 2.05) is 18.2 Å². The van der Waals surface area contributed by atoms with Crippen LogP contribution in [0, 0.1) is 11.8 Å². The van der Waals surface area contributed by atoms with Gasteiger partial charge in [-0.3, -0.25) is 4.98 Å². The van der Waals surface area contributed by atoms with Gasteiger partial charge in [0.2, 0.25) is 0 Å². The van der Waals surface area contributed by atoms with Gasteiger partial charge in [-0.25, -0.2) is 4.79 Å². The number of amides is 2. The van der Waals surface area contributed by atoms with Crippen LogP contribution in [0.1, 0.15) is 36.3 Å². The molecule has 3 atom stereocenters. The lowest BCUT2D eigenvalue weighted by atomic mass is 9.89. The first-order valence-electron chi connectivity index (χ1n) is 12.1. The van der Waals surface area contributed by atoms with Crippen LogP contribution in [-0.4, -0.2) is 31.3 Å². The van der Waals surface area contributed by atoms with Crippen molar-refractivity contribution in [3.05, 3.63) is 84.1 Å². The molecule has 1 aliphatic rings. The van der Waals surface area contributed by atoms with Gasteiger partial charge in [-0.2, -0.15) is 13.2 Å². The third kappa shape index (κ3) is 6.43. The highest BCUT2D eigenvalue weighted by Crippen LogP contribution is 2.44. The SMILES string of the molecule is COCCC1CC(c2ccccc2)[C@H](CNC(=O)Nc2cc(C(F)(F)F)cnc2-c2ccccc2)C1. The molecule has 0 bridgehead atoms. The highest BCUT2D eigenvalue weighted by Gasteiger charge is 2.35. The number of alkyl halides is 3. The number of hydrogen-bond donors (Lipinski definition) is 2. The zero-order valence-electron chi connectivity index (χ0n) is 20.1. The van der Waals surface area contributed by atoms with Gasteiger partial charge in [0, 0.05) is 32.0 Å². The second-order valence-corrected chi connectivity index (χ2v) is 9.22. The van der Waals surface area contributed by atoms with Crippen molar-refractivity contribution in [2.75, 3.05) is 25.6 Å². The van der Waals surface area contributed by atoms with Crippen molar-refractivity contribution in [2.45, 2.75) is 31.4 Å². The van der Waals surface area contributed by atoms with Crippen molar-refractivity contribution in [3.8, 4) is 11.3 Å². The van der Waals surface area contributed by atoms with Gasteiger partial charge < -0.3 is 15.4 Å². The van der Waals surface area contributed by atoms with Crippen LogP contribution in [0.5, 0.6) is 0 Å². The Kier molecular flexibility index (Phi) is 8.25. The molecular weight excluding hydrogens is 467 g/mol. The number of aromatic nitrogens is 1. The van der Waals surface area contributed by atoms with Crippen molar-refractivity contribution in [1.82, 2.24) is 10.3 Å². The molecule has 3 aromatic rings. The number of nitrogens with one attached hydrogen (secondary N) is 2. The predicted molar refractivity (Wildman–Crippen MR) is 134 cm³/mol. The Hall–Kier alpha value is -3.39. The number of pyridine rings is 1. The maximum absolute atomic E-state index is 13.3. The Morgan fingerprint density at radius 3 is 2.42 bits per heavy atom. The molecular formula is C28H30F3N3O2. The minimum absolute atomic E-state index is 0.0116. The summed E-state index contributed by atoms with van der Waals surface area (Å²) in [6.45, 7) is 1.11. The molecule has 190 valence electrons. The molecule has 2 unspecified atom stereocenters. The lowest BCUT2D eigenvalue weighted by Crippen LogP contribution is -2.34. The zero-order valence-corrected chi connectivity index (χ0v) is 20.1. The Balaban J connectivity index is 1.48. The number of hydrogen-bond acceptors (Lipinski definition) is 3. The molecule has 1 aromatic heterocycles. The van der Waals surface area contributed by atoms with E-state index in [4.69, 9.17) is 4.74 Å². The molecule has 0 aliphatic heterocycles. The Labute approximate surface area is 209 Å². The van der Waals surface area contributed by atoms with Crippen molar-refractivity contribution < 1.29 is 22.7 Å². The number of urea groups is 1. The summed E-state index contributed by atoms with van der Waals surface area (Å²) in [5.74, 6) is 0.999.